The summed E-state index contributed by atoms with van der Waals surface area (Å²) < 4.78 is 11.0. The molecule has 4 nitrogen and oxygen atoms in total. The summed E-state index contributed by atoms with van der Waals surface area (Å²) in [5.41, 5.74) is 3.39. The Hall–Kier alpha value is -2.49. The molecule has 0 aromatic heterocycles. The molecule has 23 heavy (non-hydrogen) atoms. The van der Waals surface area contributed by atoms with Crippen molar-refractivity contribution in [3.8, 4) is 5.75 Å². The number of esters is 1. The van der Waals surface area contributed by atoms with Gasteiger partial charge in [-0.3, -0.25) is 0 Å². The number of aryl methyl sites for hydroxylation is 1. The van der Waals surface area contributed by atoms with Crippen molar-refractivity contribution in [1.82, 2.24) is 0 Å². The minimum absolute atomic E-state index is 0.309. The quantitative estimate of drug-likeness (QED) is 0.812. The van der Waals surface area contributed by atoms with E-state index in [1.165, 1.54) is 11.1 Å². The zero-order valence-electron chi connectivity index (χ0n) is 13.5. The summed E-state index contributed by atoms with van der Waals surface area (Å²) in [7, 11) is 0. The van der Waals surface area contributed by atoms with Gasteiger partial charge < -0.3 is 14.4 Å². The van der Waals surface area contributed by atoms with Crippen LogP contribution < -0.4 is 9.64 Å². The van der Waals surface area contributed by atoms with Gasteiger partial charge in [-0.2, -0.15) is 0 Å². The molecule has 1 aliphatic heterocycles. The van der Waals surface area contributed by atoms with Crippen molar-refractivity contribution in [1.29, 1.82) is 0 Å². The van der Waals surface area contributed by atoms with Crippen molar-refractivity contribution in [2.45, 2.75) is 26.5 Å². The molecule has 0 aliphatic carbocycles. The molecule has 120 valence electrons. The summed E-state index contributed by atoms with van der Waals surface area (Å²) in [6.45, 7) is 5.44. The van der Waals surface area contributed by atoms with Crippen LogP contribution >= 0.6 is 0 Å². The van der Waals surface area contributed by atoms with E-state index in [1.54, 1.807) is 6.92 Å². The van der Waals surface area contributed by atoms with Crippen LogP contribution in [-0.2, 0) is 16.1 Å². The highest BCUT2D eigenvalue weighted by atomic mass is 16.6. The third-order valence-electron chi connectivity index (χ3n) is 3.88. The number of anilines is 1. The lowest BCUT2D eigenvalue weighted by Crippen LogP contribution is -2.45. The van der Waals surface area contributed by atoms with Gasteiger partial charge in [-0.25, -0.2) is 4.79 Å². The maximum Gasteiger partial charge on any atom is 0.349 e. The number of rotatable bonds is 4. The Labute approximate surface area is 136 Å². The number of fused-ring (bicyclic) bond motifs is 1. The number of ether oxygens (including phenoxy) is 2. The molecule has 0 spiro atoms. The van der Waals surface area contributed by atoms with Gasteiger partial charge in [0.15, 0.2) is 0 Å². The molecule has 4 heteroatoms. The molecule has 0 unspecified atom stereocenters. The van der Waals surface area contributed by atoms with E-state index >= 15 is 0 Å². The van der Waals surface area contributed by atoms with Crippen LogP contribution in [0.3, 0.4) is 0 Å². The van der Waals surface area contributed by atoms with Crippen molar-refractivity contribution in [2.24, 2.45) is 0 Å². The fraction of sp³-hybridized carbons (Fsp3) is 0.316. The smallest absolute Gasteiger partial charge is 0.349 e. The maximum absolute atomic E-state index is 12.1. The molecule has 0 fully saturated rings. The molecule has 0 saturated carbocycles. The summed E-state index contributed by atoms with van der Waals surface area (Å²) in [4.78, 5) is 14.3. The highest BCUT2D eigenvalue weighted by Gasteiger charge is 2.31. The van der Waals surface area contributed by atoms with Crippen LogP contribution in [0.2, 0.25) is 0 Å². The van der Waals surface area contributed by atoms with E-state index in [-0.39, 0.29) is 5.97 Å². The summed E-state index contributed by atoms with van der Waals surface area (Å²) in [6, 6.07) is 16.2. The number of carbonyl (C=O) groups is 1. The fourth-order valence-corrected chi connectivity index (χ4v) is 2.77. The van der Waals surface area contributed by atoms with E-state index in [9.17, 15) is 4.79 Å². The Morgan fingerprint density at radius 2 is 2.04 bits per heavy atom. The number of nitrogens with zero attached hydrogens (tertiary/aromatic N) is 1. The first-order valence-electron chi connectivity index (χ1n) is 7.90. The Kier molecular flexibility index (Phi) is 4.51. The van der Waals surface area contributed by atoms with E-state index in [1.807, 2.05) is 30.3 Å². The molecular weight excluding hydrogens is 290 g/mol. The van der Waals surface area contributed by atoms with E-state index < -0.39 is 6.10 Å². The molecule has 1 heterocycles. The first-order chi connectivity index (χ1) is 11.2. The Bertz CT molecular complexity index is 684. The third-order valence-corrected chi connectivity index (χ3v) is 3.88. The van der Waals surface area contributed by atoms with Crippen LogP contribution in [0.4, 0.5) is 5.69 Å². The van der Waals surface area contributed by atoms with E-state index in [4.69, 9.17) is 9.47 Å². The van der Waals surface area contributed by atoms with E-state index in [2.05, 4.69) is 30.0 Å². The zero-order chi connectivity index (χ0) is 16.2. The average Bonchev–Trinajstić information content (AvgIpc) is 2.56. The first-order valence-corrected chi connectivity index (χ1v) is 7.90. The first kappa shape index (κ1) is 15.4. The van der Waals surface area contributed by atoms with E-state index in [0.717, 1.165) is 18.0 Å². The Morgan fingerprint density at radius 3 is 2.78 bits per heavy atom. The second-order valence-electron chi connectivity index (χ2n) is 5.70. The van der Waals surface area contributed by atoms with Gasteiger partial charge in [0.1, 0.15) is 5.75 Å². The molecular formula is C19H21NO3. The van der Waals surface area contributed by atoms with Crippen LogP contribution in [0.5, 0.6) is 5.75 Å². The molecule has 0 radical (unpaired) electrons. The Morgan fingerprint density at radius 1 is 1.26 bits per heavy atom. The number of benzene rings is 2. The van der Waals surface area contributed by atoms with Gasteiger partial charge in [0.05, 0.1) is 18.8 Å². The second-order valence-corrected chi connectivity index (χ2v) is 5.70. The van der Waals surface area contributed by atoms with Gasteiger partial charge in [-0.05, 0) is 37.1 Å². The Balaban J connectivity index is 1.89. The number of hydrogen-bond donors (Lipinski definition) is 0. The molecule has 1 aliphatic rings. The molecule has 2 aromatic rings. The van der Waals surface area contributed by atoms with Crippen LogP contribution in [0.15, 0.2) is 48.5 Å². The molecule has 2 aromatic carbocycles. The minimum atomic E-state index is -0.589. The standard InChI is InChI=1S/C19H21NO3/c1-3-22-19(21)18-13-20(12-15-7-5-4-6-8-15)16-11-14(2)9-10-17(16)23-18/h4-11,18H,3,12-13H2,1-2H3/t18-/m0/s1. The predicted octanol–water partition coefficient (Wildman–Crippen LogP) is 3.33. The van der Waals surface area contributed by atoms with Gasteiger partial charge in [0.2, 0.25) is 6.10 Å². The van der Waals surface area contributed by atoms with Crippen LogP contribution in [0.25, 0.3) is 0 Å². The topological polar surface area (TPSA) is 38.8 Å². The largest absolute Gasteiger partial charge is 0.475 e. The van der Waals surface area contributed by atoms with Crippen molar-refractivity contribution < 1.29 is 14.3 Å². The second kappa shape index (κ2) is 6.73. The molecule has 0 saturated heterocycles. The van der Waals surface area contributed by atoms with Gasteiger partial charge >= 0.3 is 5.97 Å². The number of hydrogen-bond acceptors (Lipinski definition) is 4. The minimum Gasteiger partial charge on any atom is -0.475 e. The van der Waals surface area contributed by atoms with Crippen molar-refractivity contribution in [2.75, 3.05) is 18.1 Å². The van der Waals surface area contributed by atoms with Gasteiger partial charge in [0, 0.05) is 6.54 Å². The molecule has 0 bridgehead atoms. The zero-order valence-corrected chi connectivity index (χ0v) is 13.5. The summed E-state index contributed by atoms with van der Waals surface area (Å²) >= 11 is 0. The summed E-state index contributed by atoms with van der Waals surface area (Å²) in [6.07, 6.45) is -0.589. The van der Waals surface area contributed by atoms with Crippen molar-refractivity contribution in [3.05, 3.63) is 59.7 Å². The van der Waals surface area contributed by atoms with Crippen molar-refractivity contribution >= 4 is 11.7 Å². The lowest BCUT2D eigenvalue weighted by atomic mass is 10.1. The molecule has 0 amide bonds. The predicted molar refractivity (Wildman–Crippen MR) is 89.7 cm³/mol. The summed E-state index contributed by atoms with van der Waals surface area (Å²) in [5, 5.41) is 0. The highest BCUT2D eigenvalue weighted by Crippen LogP contribution is 2.35. The monoisotopic (exact) mass is 311 g/mol. The molecule has 1 atom stereocenters. The fourth-order valence-electron chi connectivity index (χ4n) is 2.77. The lowest BCUT2D eigenvalue weighted by Gasteiger charge is -2.35. The van der Waals surface area contributed by atoms with Gasteiger partial charge in [-0.15, -0.1) is 0 Å². The van der Waals surface area contributed by atoms with Gasteiger partial charge in [0.25, 0.3) is 0 Å². The van der Waals surface area contributed by atoms with Crippen LogP contribution in [0, 0.1) is 6.92 Å². The molecule has 0 N–H and O–H groups in total. The van der Waals surface area contributed by atoms with Crippen LogP contribution in [-0.4, -0.2) is 25.2 Å². The van der Waals surface area contributed by atoms with Gasteiger partial charge in [-0.1, -0.05) is 36.4 Å². The maximum atomic E-state index is 12.1. The highest BCUT2D eigenvalue weighted by molar-refractivity contribution is 5.78. The third kappa shape index (κ3) is 3.47. The van der Waals surface area contributed by atoms with Crippen molar-refractivity contribution in [3.63, 3.8) is 0 Å². The molecule has 3 rings (SSSR count). The normalized spacial score (nSPS) is 16.4. The number of carbonyl (C=O) groups excluding carboxylic acids is 1. The average molecular weight is 311 g/mol. The SMILES string of the molecule is CCOC(=O)[C@@H]1CN(Cc2ccccc2)c2cc(C)ccc2O1. The summed E-state index contributed by atoms with van der Waals surface area (Å²) in [5.74, 6) is 0.424. The lowest BCUT2D eigenvalue weighted by molar-refractivity contribution is -0.151. The van der Waals surface area contributed by atoms with E-state index in [0.29, 0.717) is 13.2 Å². The van der Waals surface area contributed by atoms with Crippen LogP contribution in [0.1, 0.15) is 18.1 Å².